The first kappa shape index (κ1) is 18.9. The maximum absolute atomic E-state index is 5.61. The van der Waals surface area contributed by atoms with Crippen LogP contribution in [0.1, 0.15) is 41.6 Å². The Morgan fingerprint density at radius 2 is 2.27 bits per heavy atom. The predicted molar refractivity (Wildman–Crippen MR) is 107 cm³/mol. The lowest BCUT2D eigenvalue weighted by Gasteiger charge is -2.32. The molecule has 3 heterocycles. The van der Waals surface area contributed by atoms with Crippen LogP contribution in [0.5, 0.6) is 0 Å². The number of thiophene rings is 1. The molecule has 1 unspecified atom stereocenters. The Kier molecular flexibility index (Phi) is 6.32. The second-order valence-electron chi connectivity index (χ2n) is 6.76. The standard InChI is InChI=1S/C19H29N5OS/c1-5-20-19(22-11-18-23-14(3)15(4)25-18)21-10-13(2)24-8-6-17-16(12-24)7-9-26-17/h7,9,13H,5-6,8,10-12H2,1-4H3,(H2,20,21,22). The molecule has 0 spiro atoms. The van der Waals surface area contributed by atoms with E-state index in [0.717, 1.165) is 50.0 Å². The van der Waals surface area contributed by atoms with Crippen LogP contribution in [0.4, 0.5) is 0 Å². The van der Waals surface area contributed by atoms with Crippen LogP contribution in [0.3, 0.4) is 0 Å². The minimum Gasteiger partial charge on any atom is -0.444 e. The summed E-state index contributed by atoms with van der Waals surface area (Å²) in [4.78, 5) is 13.1. The van der Waals surface area contributed by atoms with Crippen molar-refractivity contribution in [2.75, 3.05) is 19.6 Å². The van der Waals surface area contributed by atoms with Gasteiger partial charge in [0, 0.05) is 37.1 Å². The third-order valence-corrected chi connectivity index (χ3v) is 5.84. The van der Waals surface area contributed by atoms with Crippen LogP contribution in [0.15, 0.2) is 20.9 Å². The van der Waals surface area contributed by atoms with Crippen molar-refractivity contribution in [2.24, 2.45) is 4.99 Å². The molecule has 1 atom stereocenters. The largest absolute Gasteiger partial charge is 0.444 e. The van der Waals surface area contributed by atoms with Crippen molar-refractivity contribution >= 4 is 17.3 Å². The van der Waals surface area contributed by atoms with Crippen LogP contribution in [-0.4, -0.2) is 41.5 Å². The number of oxazole rings is 1. The summed E-state index contributed by atoms with van der Waals surface area (Å²) in [5, 5.41) is 8.96. The first-order chi connectivity index (χ1) is 12.6. The number of nitrogens with zero attached hydrogens (tertiary/aromatic N) is 3. The third-order valence-electron chi connectivity index (χ3n) is 4.81. The van der Waals surface area contributed by atoms with E-state index in [2.05, 4.69) is 50.8 Å². The van der Waals surface area contributed by atoms with Gasteiger partial charge in [-0.05, 0) is 51.1 Å². The number of fused-ring (bicyclic) bond motifs is 1. The van der Waals surface area contributed by atoms with Crippen molar-refractivity contribution < 1.29 is 4.42 Å². The SMILES string of the molecule is CCNC(=NCc1nc(C)c(C)o1)NCC(C)N1CCc2sccc2C1. The fourth-order valence-corrected chi connectivity index (χ4v) is 4.00. The van der Waals surface area contributed by atoms with E-state index in [1.165, 1.54) is 5.56 Å². The Bertz CT molecular complexity index is 731. The Balaban J connectivity index is 1.53. The number of hydrogen-bond acceptors (Lipinski definition) is 5. The molecule has 0 saturated heterocycles. The maximum atomic E-state index is 5.61. The van der Waals surface area contributed by atoms with Gasteiger partial charge in [0.2, 0.25) is 5.89 Å². The van der Waals surface area contributed by atoms with Crippen molar-refractivity contribution in [3.63, 3.8) is 0 Å². The third kappa shape index (κ3) is 4.65. The zero-order chi connectivity index (χ0) is 18.5. The summed E-state index contributed by atoms with van der Waals surface area (Å²) in [5.41, 5.74) is 2.42. The molecule has 6 nitrogen and oxygen atoms in total. The maximum Gasteiger partial charge on any atom is 0.216 e. The molecule has 0 saturated carbocycles. The summed E-state index contributed by atoms with van der Waals surface area (Å²) in [7, 11) is 0. The molecule has 2 aromatic heterocycles. The monoisotopic (exact) mass is 375 g/mol. The number of nitrogens with one attached hydrogen (secondary N) is 2. The molecule has 0 bridgehead atoms. The molecule has 0 fully saturated rings. The van der Waals surface area contributed by atoms with Crippen LogP contribution in [0.2, 0.25) is 0 Å². The van der Waals surface area contributed by atoms with Gasteiger partial charge in [0.1, 0.15) is 12.3 Å². The van der Waals surface area contributed by atoms with E-state index >= 15 is 0 Å². The smallest absolute Gasteiger partial charge is 0.216 e. The number of rotatable bonds is 6. The van der Waals surface area contributed by atoms with E-state index in [1.54, 1.807) is 4.88 Å². The predicted octanol–water partition coefficient (Wildman–Crippen LogP) is 2.85. The van der Waals surface area contributed by atoms with Crippen molar-refractivity contribution in [3.05, 3.63) is 39.2 Å². The summed E-state index contributed by atoms with van der Waals surface area (Å²) in [6.07, 6.45) is 1.16. The van der Waals surface area contributed by atoms with Gasteiger partial charge < -0.3 is 15.1 Å². The highest BCUT2D eigenvalue weighted by Crippen LogP contribution is 2.24. The number of aliphatic imine (C=N–C) groups is 1. The van der Waals surface area contributed by atoms with Gasteiger partial charge in [-0.15, -0.1) is 11.3 Å². The molecular formula is C19H29N5OS. The van der Waals surface area contributed by atoms with Crippen LogP contribution in [-0.2, 0) is 19.5 Å². The van der Waals surface area contributed by atoms with Gasteiger partial charge in [-0.1, -0.05) is 0 Å². The van der Waals surface area contributed by atoms with E-state index in [0.29, 0.717) is 18.5 Å². The normalized spacial score (nSPS) is 16.4. The Morgan fingerprint density at radius 1 is 1.42 bits per heavy atom. The fourth-order valence-electron chi connectivity index (χ4n) is 3.12. The van der Waals surface area contributed by atoms with E-state index in [1.807, 2.05) is 25.2 Å². The highest BCUT2D eigenvalue weighted by molar-refractivity contribution is 7.10. The molecule has 0 radical (unpaired) electrons. The zero-order valence-corrected chi connectivity index (χ0v) is 16.9. The average Bonchev–Trinajstić information content (AvgIpc) is 3.22. The minimum atomic E-state index is 0.443. The minimum absolute atomic E-state index is 0.443. The molecule has 2 N–H and O–H groups in total. The van der Waals surface area contributed by atoms with Crippen LogP contribution in [0.25, 0.3) is 0 Å². The number of guanidine groups is 1. The zero-order valence-electron chi connectivity index (χ0n) is 16.1. The molecule has 2 aromatic rings. The number of aromatic nitrogens is 1. The van der Waals surface area contributed by atoms with Gasteiger partial charge in [0.25, 0.3) is 0 Å². The second-order valence-corrected chi connectivity index (χ2v) is 7.76. The first-order valence-electron chi connectivity index (χ1n) is 9.31. The quantitative estimate of drug-likeness (QED) is 0.600. The van der Waals surface area contributed by atoms with Crippen molar-refractivity contribution in [1.82, 2.24) is 20.5 Å². The molecular weight excluding hydrogens is 346 g/mol. The van der Waals surface area contributed by atoms with Gasteiger partial charge in [-0.25, -0.2) is 9.98 Å². The van der Waals surface area contributed by atoms with E-state index in [9.17, 15) is 0 Å². The van der Waals surface area contributed by atoms with E-state index < -0.39 is 0 Å². The molecule has 1 aliphatic heterocycles. The molecule has 3 rings (SSSR count). The molecule has 0 amide bonds. The summed E-state index contributed by atoms with van der Waals surface area (Å²) < 4.78 is 5.61. The Morgan fingerprint density at radius 3 is 3.00 bits per heavy atom. The molecule has 26 heavy (non-hydrogen) atoms. The Labute approximate surface area is 159 Å². The number of aryl methyl sites for hydroxylation is 2. The highest BCUT2D eigenvalue weighted by Gasteiger charge is 2.21. The highest BCUT2D eigenvalue weighted by atomic mass is 32.1. The first-order valence-corrected chi connectivity index (χ1v) is 10.2. The fraction of sp³-hybridized carbons (Fsp3) is 0.579. The van der Waals surface area contributed by atoms with Crippen LogP contribution in [0, 0.1) is 13.8 Å². The van der Waals surface area contributed by atoms with Crippen LogP contribution >= 0.6 is 11.3 Å². The van der Waals surface area contributed by atoms with E-state index in [4.69, 9.17) is 4.42 Å². The van der Waals surface area contributed by atoms with Crippen LogP contribution < -0.4 is 10.6 Å². The lowest BCUT2D eigenvalue weighted by molar-refractivity contribution is 0.192. The van der Waals surface area contributed by atoms with Gasteiger partial charge in [0.05, 0.1) is 5.69 Å². The topological polar surface area (TPSA) is 65.7 Å². The summed E-state index contributed by atoms with van der Waals surface area (Å²) in [6, 6.07) is 2.70. The van der Waals surface area contributed by atoms with Crippen molar-refractivity contribution in [3.8, 4) is 0 Å². The molecule has 1 aliphatic rings. The lowest BCUT2D eigenvalue weighted by atomic mass is 10.1. The average molecular weight is 376 g/mol. The van der Waals surface area contributed by atoms with Crippen molar-refractivity contribution in [1.29, 1.82) is 0 Å². The summed E-state index contributed by atoms with van der Waals surface area (Å²) in [6.45, 7) is 12.5. The van der Waals surface area contributed by atoms with Gasteiger partial charge in [0.15, 0.2) is 5.96 Å². The van der Waals surface area contributed by atoms with E-state index in [-0.39, 0.29) is 0 Å². The van der Waals surface area contributed by atoms with Gasteiger partial charge >= 0.3 is 0 Å². The number of hydrogen-bond donors (Lipinski definition) is 2. The molecule has 0 aliphatic carbocycles. The molecule has 142 valence electrons. The van der Waals surface area contributed by atoms with Crippen molar-refractivity contribution in [2.45, 2.75) is 53.2 Å². The van der Waals surface area contributed by atoms with Gasteiger partial charge in [-0.2, -0.15) is 0 Å². The lowest BCUT2D eigenvalue weighted by Crippen LogP contribution is -2.47. The summed E-state index contributed by atoms with van der Waals surface area (Å²) in [5.74, 6) is 2.33. The van der Waals surface area contributed by atoms with Gasteiger partial charge in [-0.3, -0.25) is 4.90 Å². The second kappa shape index (κ2) is 8.68. The summed E-state index contributed by atoms with van der Waals surface area (Å²) >= 11 is 1.88. The Hall–Kier alpha value is -1.86. The molecule has 7 heteroatoms. The molecule has 0 aromatic carbocycles.